The molecule has 0 aliphatic heterocycles. The second kappa shape index (κ2) is 5.60. The van der Waals surface area contributed by atoms with Crippen LogP contribution in [-0.4, -0.2) is 11.9 Å². The first kappa shape index (κ1) is 12.5. The van der Waals surface area contributed by atoms with Gasteiger partial charge in [0.2, 0.25) is 0 Å². The van der Waals surface area contributed by atoms with Gasteiger partial charge < -0.3 is 5.43 Å². The topological polar surface area (TPSA) is 50.4 Å². The fraction of sp³-hybridized carbons (Fsp3) is 0.417. The fourth-order valence-corrected chi connectivity index (χ4v) is 2.45. The largest absolute Gasteiger partial charge is 0.308 e. The molecule has 0 atom stereocenters. The lowest BCUT2D eigenvalue weighted by Crippen LogP contribution is -2.33. The number of nitrogens with zero attached hydrogens (tertiary/aromatic N) is 1. The summed E-state index contributed by atoms with van der Waals surface area (Å²) in [5.74, 6) is 5.53. The van der Waals surface area contributed by atoms with Crippen molar-refractivity contribution >= 4 is 21.8 Å². The minimum Gasteiger partial charge on any atom is -0.308 e. The van der Waals surface area contributed by atoms with Gasteiger partial charge in [-0.15, -0.1) is 0 Å². The van der Waals surface area contributed by atoms with Gasteiger partial charge in [0.25, 0.3) is 0 Å². The molecule has 0 aromatic heterocycles. The van der Waals surface area contributed by atoms with Crippen LogP contribution < -0.4 is 11.3 Å². The molecule has 1 fully saturated rings. The monoisotopic (exact) mass is 299 g/mol. The summed E-state index contributed by atoms with van der Waals surface area (Å²) in [5, 5.41) is 0. The highest BCUT2D eigenvalue weighted by Gasteiger charge is 2.17. The maximum Gasteiger partial charge on any atom is 0.148 e. The summed E-state index contributed by atoms with van der Waals surface area (Å²) in [5.41, 5.74) is 2.91. The standard InChI is InChI=1S/C12H15BrFN3/c13-10-7-3-6-9(11(10)14)12(17-15)16-8-4-1-2-5-8/h3,6-8H,1-2,4-5,15H2,(H,16,17). The van der Waals surface area contributed by atoms with Gasteiger partial charge in [-0.1, -0.05) is 18.9 Å². The second-order valence-corrected chi connectivity index (χ2v) is 5.02. The fourth-order valence-electron chi connectivity index (χ4n) is 2.09. The van der Waals surface area contributed by atoms with Crippen LogP contribution in [0.2, 0.25) is 0 Å². The van der Waals surface area contributed by atoms with Crippen LogP contribution in [0.3, 0.4) is 0 Å². The van der Waals surface area contributed by atoms with Gasteiger partial charge in [-0.25, -0.2) is 10.2 Å². The third kappa shape index (κ3) is 2.84. The molecule has 1 aromatic rings. The van der Waals surface area contributed by atoms with E-state index >= 15 is 0 Å². The number of nitrogens with one attached hydrogen (secondary N) is 1. The number of aliphatic imine (C=N–C) groups is 1. The van der Waals surface area contributed by atoms with Crippen LogP contribution in [-0.2, 0) is 0 Å². The number of halogens is 2. The van der Waals surface area contributed by atoms with Gasteiger partial charge in [0.05, 0.1) is 16.1 Å². The molecule has 1 aliphatic rings. The van der Waals surface area contributed by atoms with E-state index in [-0.39, 0.29) is 11.9 Å². The molecular weight excluding hydrogens is 285 g/mol. The van der Waals surface area contributed by atoms with E-state index in [9.17, 15) is 4.39 Å². The van der Waals surface area contributed by atoms with E-state index < -0.39 is 0 Å². The van der Waals surface area contributed by atoms with Gasteiger partial charge in [-0.05, 0) is 40.9 Å². The minimum atomic E-state index is -0.331. The van der Waals surface area contributed by atoms with Crippen molar-refractivity contribution in [1.29, 1.82) is 0 Å². The lowest BCUT2D eigenvalue weighted by atomic mass is 10.2. The Hall–Kier alpha value is -0.940. The summed E-state index contributed by atoms with van der Waals surface area (Å²) in [6.45, 7) is 0. The Morgan fingerprint density at radius 1 is 1.41 bits per heavy atom. The molecule has 17 heavy (non-hydrogen) atoms. The van der Waals surface area contributed by atoms with Crippen molar-refractivity contribution in [1.82, 2.24) is 5.43 Å². The Morgan fingerprint density at radius 3 is 2.76 bits per heavy atom. The van der Waals surface area contributed by atoms with Crippen molar-refractivity contribution in [2.45, 2.75) is 31.7 Å². The molecular formula is C12H15BrFN3. The summed E-state index contributed by atoms with van der Waals surface area (Å²) in [6, 6.07) is 5.36. The predicted octanol–water partition coefficient (Wildman–Crippen LogP) is 2.74. The first-order valence-electron chi connectivity index (χ1n) is 5.71. The highest BCUT2D eigenvalue weighted by molar-refractivity contribution is 9.10. The highest BCUT2D eigenvalue weighted by atomic mass is 79.9. The summed E-state index contributed by atoms with van der Waals surface area (Å²) in [7, 11) is 0. The lowest BCUT2D eigenvalue weighted by molar-refractivity contribution is 0.616. The number of hydrogen-bond donors (Lipinski definition) is 2. The highest BCUT2D eigenvalue weighted by Crippen LogP contribution is 2.23. The number of hydrogen-bond acceptors (Lipinski definition) is 2. The molecule has 3 N–H and O–H groups in total. The molecule has 0 amide bonds. The van der Waals surface area contributed by atoms with Crippen molar-refractivity contribution in [3.05, 3.63) is 34.1 Å². The number of rotatable bonds is 2. The normalized spacial score (nSPS) is 17.5. The van der Waals surface area contributed by atoms with E-state index in [0.717, 1.165) is 12.8 Å². The molecule has 92 valence electrons. The van der Waals surface area contributed by atoms with Crippen molar-refractivity contribution in [2.24, 2.45) is 10.8 Å². The first-order chi connectivity index (χ1) is 8.22. The average molecular weight is 300 g/mol. The molecule has 0 heterocycles. The Bertz CT molecular complexity index is 428. The molecule has 1 aliphatic carbocycles. The summed E-state index contributed by atoms with van der Waals surface area (Å²) < 4.78 is 14.3. The van der Waals surface area contributed by atoms with E-state index in [2.05, 4.69) is 26.3 Å². The Labute approximate surface area is 108 Å². The van der Waals surface area contributed by atoms with E-state index in [1.54, 1.807) is 18.2 Å². The van der Waals surface area contributed by atoms with Crippen molar-refractivity contribution in [3.8, 4) is 0 Å². The summed E-state index contributed by atoms with van der Waals surface area (Å²) in [4.78, 5) is 4.49. The van der Waals surface area contributed by atoms with Crippen LogP contribution in [0.25, 0.3) is 0 Å². The molecule has 1 aromatic carbocycles. The van der Waals surface area contributed by atoms with Gasteiger partial charge >= 0.3 is 0 Å². The predicted molar refractivity (Wildman–Crippen MR) is 70.2 cm³/mol. The second-order valence-electron chi connectivity index (χ2n) is 4.16. The third-order valence-corrected chi connectivity index (χ3v) is 3.59. The van der Waals surface area contributed by atoms with Crippen LogP contribution in [0.1, 0.15) is 31.2 Å². The zero-order chi connectivity index (χ0) is 12.3. The van der Waals surface area contributed by atoms with E-state index in [0.29, 0.717) is 15.9 Å². The van der Waals surface area contributed by atoms with E-state index in [4.69, 9.17) is 5.84 Å². The van der Waals surface area contributed by atoms with Gasteiger partial charge in [-0.2, -0.15) is 0 Å². The quantitative estimate of drug-likeness (QED) is 0.382. The van der Waals surface area contributed by atoms with Crippen LogP contribution in [0, 0.1) is 5.82 Å². The van der Waals surface area contributed by atoms with Crippen molar-refractivity contribution in [2.75, 3.05) is 0 Å². The van der Waals surface area contributed by atoms with Crippen LogP contribution >= 0.6 is 15.9 Å². The molecule has 3 nitrogen and oxygen atoms in total. The van der Waals surface area contributed by atoms with Crippen molar-refractivity contribution < 1.29 is 4.39 Å². The van der Waals surface area contributed by atoms with Gasteiger partial charge in [0, 0.05) is 0 Å². The van der Waals surface area contributed by atoms with Gasteiger partial charge in [-0.3, -0.25) is 4.99 Å². The summed E-state index contributed by atoms with van der Waals surface area (Å²) in [6.07, 6.45) is 4.49. The minimum absolute atomic E-state index is 0.263. The maximum absolute atomic E-state index is 13.9. The van der Waals surface area contributed by atoms with Crippen LogP contribution in [0.4, 0.5) is 4.39 Å². The average Bonchev–Trinajstić information content (AvgIpc) is 2.83. The number of nitrogens with two attached hydrogens (primary N) is 1. The molecule has 5 heteroatoms. The zero-order valence-corrected chi connectivity index (χ0v) is 11.0. The van der Waals surface area contributed by atoms with Crippen LogP contribution in [0.5, 0.6) is 0 Å². The smallest absolute Gasteiger partial charge is 0.148 e. The van der Waals surface area contributed by atoms with E-state index in [1.807, 2.05) is 0 Å². The first-order valence-corrected chi connectivity index (χ1v) is 6.50. The Balaban J connectivity index is 2.31. The Kier molecular flexibility index (Phi) is 4.12. The maximum atomic E-state index is 13.9. The molecule has 0 bridgehead atoms. The molecule has 0 saturated heterocycles. The van der Waals surface area contributed by atoms with Gasteiger partial charge in [0.1, 0.15) is 11.7 Å². The van der Waals surface area contributed by atoms with Crippen molar-refractivity contribution in [3.63, 3.8) is 0 Å². The number of amidine groups is 1. The SMILES string of the molecule is NNC(=NC1CCCC1)c1cccc(Br)c1F. The molecule has 2 rings (SSSR count). The Morgan fingerprint density at radius 2 is 2.12 bits per heavy atom. The van der Waals surface area contributed by atoms with E-state index in [1.165, 1.54) is 12.8 Å². The molecule has 0 radical (unpaired) electrons. The number of hydrazine groups is 1. The zero-order valence-electron chi connectivity index (χ0n) is 9.42. The van der Waals surface area contributed by atoms with Gasteiger partial charge in [0.15, 0.2) is 0 Å². The van der Waals surface area contributed by atoms with Crippen LogP contribution in [0.15, 0.2) is 27.7 Å². The number of benzene rings is 1. The molecule has 1 saturated carbocycles. The molecule has 0 spiro atoms. The lowest BCUT2D eigenvalue weighted by Gasteiger charge is -2.11. The summed E-state index contributed by atoms with van der Waals surface area (Å²) >= 11 is 3.16. The third-order valence-electron chi connectivity index (χ3n) is 2.98. The molecule has 0 unspecified atom stereocenters.